The van der Waals surface area contributed by atoms with Crippen LogP contribution in [0.5, 0.6) is 0 Å². The van der Waals surface area contributed by atoms with E-state index in [2.05, 4.69) is 17.0 Å². The highest BCUT2D eigenvalue weighted by atomic mass is 35.5. The molecule has 0 saturated heterocycles. The van der Waals surface area contributed by atoms with Crippen LogP contribution in [0.4, 0.5) is 0 Å². The molecule has 6 rings (SSSR count). The Hall–Kier alpha value is -4.49. The van der Waals surface area contributed by atoms with Crippen LogP contribution in [-0.2, 0) is 13.0 Å². The maximum Gasteiger partial charge on any atom is 0.273 e. The van der Waals surface area contributed by atoms with Gasteiger partial charge >= 0.3 is 0 Å². The Balaban J connectivity index is 1.29. The number of nitriles is 1. The van der Waals surface area contributed by atoms with Crippen molar-refractivity contribution in [2.75, 3.05) is 6.54 Å². The average molecular weight is 555 g/mol. The van der Waals surface area contributed by atoms with Crippen LogP contribution in [0.25, 0.3) is 5.69 Å². The highest BCUT2D eigenvalue weighted by molar-refractivity contribution is 6.31. The number of hydrogen-bond acceptors (Lipinski definition) is 6. The minimum atomic E-state index is -0.208. The van der Waals surface area contributed by atoms with E-state index in [-0.39, 0.29) is 42.0 Å². The maximum absolute atomic E-state index is 14.0. The van der Waals surface area contributed by atoms with E-state index >= 15 is 0 Å². The molecule has 4 aromatic rings. The topological polar surface area (TPSA) is 113 Å². The lowest BCUT2D eigenvalue weighted by molar-refractivity contribution is 0.0574. The normalized spacial score (nSPS) is 19.1. The predicted molar refractivity (Wildman–Crippen MR) is 147 cm³/mol. The van der Waals surface area contributed by atoms with Crippen molar-refractivity contribution in [1.29, 1.82) is 5.26 Å². The molecule has 1 unspecified atom stereocenters. The van der Waals surface area contributed by atoms with Crippen LogP contribution in [0.15, 0.2) is 55.1 Å². The van der Waals surface area contributed by atoms with E-state index in [1.165, 1.54) is 12.4 Å². The molecule has 0 saturated carbocycles. The lowest BCUT2D eigenvalue weighted by Gasteiger charge is -2.37. The van der Waals surface area contributed by atoms with Gasteiger partial charge in [-0.25, -0.2) is 9.67 Å². The average Bonchev–Trinajstić information content (AvgIpc) is 3.63. The largest absolute Gasteiger partial charge is 0.331 e. The maximum atomic E-state index is 14.0. The van der Waals surface area contributed by atoms with Crippen LogP contribution in [0, 0.1) is 11.3 Å². The molecule has 0 spiro atoms. The summed E-state index contributed by atoms with van der Waals surface area (Å²) in [5, 5.41) is 18.7. The van der Waals surface area contributed by atoms with Gasteiger partial charge in [-0.1, -0.05) is 23.7 Å². The Kier molecular flexibility index (Phi) is 6.39. The highest BCUT2D eigenvalue weighted by Crippen LogP contribution is 2.35. The summed E-state index contributed by atoms with van der Waals surface area (Å²) in [5.41, 5.74) is 4.72. The Labute approximate surface area is 236 Å². The zero-order valence-corrected chi connectivity index (χ0v) is 23.1. The summed E-state index contributed by atoms with van der Waals surface area (Å²) in [7, 11) is 0. The number of hydrogen-bond donors (Lipinski definition) is 0. The summed E-state index contributed by atoms with van der Waals surface area (Å²) in [6, 6.07) is 14.4. The van der Waals surface area contributed by atoms with Gasteiger partial charge in [0, 0.05) is 30.1 Å². The smallest absolute Gasteiger partial charge is 0.273 e. The SMILES string of the molecule is CC(c1ccc(-n2cncn2)cc1)N1C[C@@H](C)n2nc3c(c2C1=O)CN(C(=O)c1ccc(Cl)c(C#N)c1)[C@H](C)C3. The number of fused-ring (bicyclic) bond motifs is 3. The number of benzene rings is 2. The summed E-state index contributed by atoms with van der Waals surface area (Å²) in [5.74, 6) is -0.305. The first-order chi connectivity index (χ1) is 19.3. The van der Waals surface area contributed by atoms with E-state index < -0.39 is 0 Å². The molecule has 2 aliphatic rings. The molecule has 0 fully saturated rings. The first kappa shape index (κ1) is 25.8. The molecule has 0 bridgehead atoms. The molecular weight excluding hydrogens is 528 g/mol. The second kappa shape index (κ2) is 9.92. The van der Waals surface area contributed by atoms with Crippen LogP contribution in [0.3, 0.4) is 0 Å². The van der Waals surface area contributed by atoms with Gasteiger partial charge in [0.2, 0.25) is 0 Å². The fourth-order valence-electron chi connectivity index (χ4n) is 5.63. The van der Waals surface area contributed by atoms with Crippen LogP contribution < -0.4 is 0 Å². The first-order valence-electron chi connectivity index (χ1n) is 13.1. The van der Waals surface area contributed by atoms with Crippen molar-refractivity contribution in [3.8, 4) is 11.8 Å². The van der Waals surface area contributed by atoms with Gasteiger partial charge in [0.05, 0.1) is 40.6 Å². The fourth-order valence-corrected chi connectivity index (χ4v) is 5.79. The second-order valence-corrected chi connectivity index (χ2v) is 10.8. The molecular formula is C29H27ClN8O2. The van der Waals surface area contributed by atoms with E-state index in [0.29, 0.717) is 29.2 Å². The molecule has 202 valence electrons. The van der Waals surface area contributed by atoms with E-state index in [9.17, 15) is 14.9 Å². The van der Waals surface area contributed by atoms with Crippen molar-refractivity contribution in [3.05, 3.63) is 93.8 Å². The van der Waals surface area contributed by atoms with Crippen LogP contribution in [0.2, 0.25) is 5.02 Å². The number of carbonyl (C=O) groups excluding carboxylic acids is 2. The lowest BCUT2D eigenvalue weighted by atomic mass is 9.96. The van der Waals surface area contributed by atoms with Gasteiger partial charge in [0.15, 0.2) is 0 Å². The van der Waals surface area contributed by atoms with Gasteiger partial charge in [-0.05, 0) is 56.7 Å². The van der Waals surface area contributed by atoms with Gasteiger partial charge in [-0.3, -0.25) is 14.3 Å². The zero-order chi connectivity index (χ0) is 28.1. The number of aromatic nitrogens is 5. The van der Waals surface area contributed by atoms with Crippen LogP contribution in [0.1, 0.15) is 76.1 Å². The third-order valence-corrected chi connectivity index (χ3v) is 8.23. The Bertz CT molecular complexity index is 1650. The number of nitrogens with zero attached hydrogens (tertiary/aromatic N) is 8. The molecule has 4 heterocycles. The predicted octanol–water partition coefficient (Wildman–Crippen LogP) is 4.35. The molecule has 2 aromatic carbocycles. The lowest BCUT2D eigenvalue weighted by Crippen LogP contribution is -2.45. The monoisotopic (exact) mass is 554 g/mol. The Morgan fingerprint density at radius 1 is 1.15 bits per heavy atom. The summed E-state index contributed by atoms with van der Waals surface area (Å²) in [6.45, 7) is 6.86. The van der Waals surface area contributed by atoms with Crippen molar-refractivity contribution in [2.24, 2.45) is 0 Å². The van der Waals surface area contributed by atoms with E-state index in [1.807, 2.05) is 53.8 Å². The summed E-state index contributed by atoms with van der Waals surface area (Å²) in [4.78, 5) is 35.2. The quantitative estimate of drug-likeness (QED) is 0.370. The van der Waals surface area contributed by atoms with Crippen molar-refractivity contribution in [2.45, 2.75) is 51.9 Å². The molecule has 2 aromatic heterocycles. The molecule has 11 heteroatoms. The Morgan fingerprint density at radius 3 is 2.62 bits per heavy atom. The summed E-state index contributed by atoms with van der Waals surface area (Å²) in [6.07, 6.45) is 3.67. The minimum Gasteiger partial charge on any atom is -0.331 e. The number of halogens is 1. The van der Waals surface area contributed by atoms with Gasteiger partial charge in [-0.15, -0.1) is 0 Å². The van der Waals surface area contributed by atoms with Crippen LogP contribution >= 0.6 is 11.6 Å². The van der Waals surface area contributed by atoms with E-state index in [0.717, 1.165) is 22.5 Å². The van der Waals surface area contributed by atoms with Crippen molar-refractivity contribution < 1.29 is 9.59 Å². The third-order valence-electron chi connectivity index (χ3n) is 7.90. The van der Waals surface area contributed by atoms with Crippen molar-refractivity contribution in [3.63, 3.8) is 0 Å². The van der Waals surface area contributed by atoms with Crippen molar-refractivity contribution in [1.82, 2.24) is 34.3 Å². The second-order valence-electron chi connectivity index (χ2n) is 10.4. The molecule has 2 aliphatic heterocycles. The van der Waals surface area contributed by atoms with Gasteiger partial charge in [-0.2, -0.15) is 15.5 Å². The van der Waals surface area contributed by atoms with Gasteiger partial charge in [0.1, 0.15) is 24.4 Å². The van der Waals surface area contributed by atoms with E-state index in [4.69, 9.17) is 16.7 Å². The van der Waals surface area contributed by atoms with E-state index in [1.54, 1.807) is 28.0 Å². The minimum absolute atomic E-state index is 0.0240. The standard InChI is InChI=1S/C29H27ClN8O2/c1-17-10-26-24(14-35(17)28(39)21-6-9-25(30)22(11-21)12-31)27-29(40)36(13-18(2)38(27)34-26)19(3)20-4-7-23(8-5-20)37-16-32-15-33-37/h4-9,11,15-19H,10,13-14H2,1-3H3/t17-,18-,19?/m1/s1. The fraction of sp³-hybridized carbons (Fsp3) is 0.310. The molecule has 3 atom stereocenters. The van der Waals surface area contributed by atoms with Crippen molar-refractivity contribution >= 4 is 23.4 Å². The van der Waals surface area contributed by atoms with Gasteiger partial charge in [0.25, 0.3) is 11.8 Å². The first-order valence-corrected chi connectivity index (χ1v) is 13.5. The van der Waals surface area contributed by atoms with Crippen LogP contribution in [-0.4, -0.2) is 58.7 Å². The zero-order valence-electron chi connectivity index (χ0n) is 22.3. The molecule has 0 N–H and O–H groups in total. The molecule has 0 aliphatic carbocycles. The molecule has 10 nitrogen and oxygen atoms in total. The third kappa shape index (κ3) is 4.23. The molecule has 0 radical (unpaired) electrons. The Morgan fingerprint density at radius 2 is 1.93 bits per heavy atom. The molecule has 2 amide bonds. The number of amides is 2. The van der Waals surface area contributed by atoms with Gasteiger partial charge < -0.3 is 9.80 Å². The summed E-state index contributed by atoms with van der Waals surface area (Å²) < 4.78 is 3.52. The molecule has 40 heavy (non-hydrogen) atoms. The number of carbonyl (C=O) groups is 2. The highest BCUT2D eigenvalue weighted by Gasteiger charge is 2.40. The number of rotatable bonds is 4. The summed E-state index contributed by atoms with van der Waals surface area (Å²) >= 11 is 6.08.